The van der Waals surface area contributed by atoms with Gasteiger partial charge in [0.25, 0.3) is 0 Å². The number of hydrogen-bond donors (Lipinski definition) is 1. The van der Waals surface area contributed by atoms with Crippen LogP contribution in [0.3, 0.4) is 0 Å². The number of hydrogen-bond acceptors (Lipinski definition) is 3. The second kappa shape index (κ2) is 6.95. The van der Waals surface area contributed by atoms with Crippen LogP contribution < -0.4 is 0 Å². The molecule has 1 aromatic heterocycles. The van der Waals surface area contributed by atoms with Crippen LogP contribution in [-0.4, -0.2) is 14.7 Å². The number of aromatic nitrogens is 2. The van der Waals surface area contributed by atoms with Gasteiger partial charge < -0.3 is 9.67 Å². The lowest BCUT2D eigenvalue weighted by molar-refractivity contribution is 0.476. The van der Waals surface area contributed by atoms with Gasteiger partial charge in [-0.3, -0.25) is 0 Å². The van der Waals surface area contributed by atoms with Crippen LogP contribution >= 0.6 is 11.6 Å². The van der Waals surface area contributed by atoms with E-state index in [1.54, 1.807) is 41.0 Å². The lowest BCUT2D eigenvalue weighted by atomic mass is 10.1. The fourth-order valence-corrected chi connectivity index (χ4v) is 3.21. The van der Waals surface area contributed by atoms with Crippen molar-refractivity contribution in [3.63, 3.8) is 0 Å². The summed E-state index contributed by atoms with van der Waals surface area (Å²) < 4.78 is 29.3. The molecule has 0 bridgehead atoms. The molecule has 0 aliphatic rings. The minimum absolute atomic E-state index is 0.0928. The Hall–Kier alpha value is -3.43. The molecular formula is C21H12ClF2N3O. The Morgan fingerprint density at radius 1 is 1.04 bits per heavy atom. The third-order valence-corrected chi connectivity index (χ3v) is 4.65. The largest absolute Gasteiger partial charge is 0.507 e. The summed E-state index contributed by atoms with van der Waals surface area (Å²) in [5, 5.41) is 19.6. The van der Waals surface area contributed by atoms with E-state index in [4.69, 9.17) is 16.9 Å². The van der Waals surface area contributed by atoms with E-state index < -0.39 is 11.6 Å². The van der Waals surface area contributed by atoms with Crippen molar-refractivity contribution in [2.45, 2.75) is 6.54 Å². The van der Waals surface area contributed by atoms with Crippen molar-refractivity contribution in [2.75, 3.05) is 0 Å². The molecule has 0 aliphatic heterocycles. The lowest BCUT2D eigenvalue weighted by Gasteiger charge is -2.11. The van der Waals surface area contributed by atoms with Crippen molar-refractivity contribution in [2.24, 2.45) is 0 Å². The normalized spacial score (nSPS) is 10.9. The monoisotopic (exact) mass is 395 g/mol. The molecule has 4 nitrogen and oxygen atoms in total. The first-order valence-electron chi connectivity index (χ1n) is 8.29. The predicted octanol–water partition coefficient (Wildman–Crippen LogP) is 5.26. The zero-order valence-electron chi connectivity index (χ0n) is 14.3. The maximum absolute atomic E-state index is 13.9. The molecule has 3 aromatic carbocycles. The number of phenolic OH excluding ortho intramolecular Hbond substituents is 1. The van der Waals surface area contributed by atoms with Crippen LogP contribution in [0.25, 0.3) is 22.4 Å². The molecule has 4 aromatic rings. The minimum atomic E-state index is -0.998. The summed E-state index contributed by atoms with van der Waals surface area (Å²) in [6.07, 6.45) is 0. The number of rotatable bonds is 3. The van der Waals surface area contributed by atoms with E-state index in [1.165, 1.54) is 6.07 Å². The first-order chi connectivity index (χ1) is 13.5. The van der Waals surface area contributed by atoms with E-state index in [1.807, 2.05) is 0 Å². The van der Waals surface area contributed by atoms with E-state index >= 15 is 0 Å². The van der Waals surface area contributed by atoms with Gasteiger partial charge in [-0.15, -0.1) is 0 Å². The number of aromatic hydroxyl groups is 1. The molecule has 0 saturated carbocycles. The van der Waals surface area contributed by atoms with Gasteiger partial charge in [-0.25, -0.2) is 13.8 Å². The Kier molecular flexibility index (Phi) is 4.46. The third-order valence-electron chi connectivity index (χ3n) is 4.41. The van der Waals surface area contributed by atoms with Crippen molar-refractivity contribution < 1.29 is 13.9 Å². The highest BCUT2D eigenvalue weighted by Gasteiger charge is 2.18. The number of nitriles is 1. The maximum Gasteiger partial charge on any atom is 0.161 e. The highest BCUT2D eigenvalue weighted by atomic mass is 35.5. The van der Waals surface area contributed by atoms with Gasteiger partial charge in [0.15, 0.2) is 11.6 Å². The fourth-order valence-electron chi connectivity index (χ4n) is 3.05. The number of benzene rings is 3. The SMILES string of the molecule is N#Cc1ccc(Cn2c(-c3ccc(Cl)cc3O)nc3cc(F)c(F)cc32)cc1. The van der Waals surface area contributed by atoms with Crippen molar-refractivity contribution >= 4 is 22.6 Å². The van der Waals surface area contributed by atoms with Gasteiger partial charge in [-0.1, -0.05) is 23.7 Å². The van der Waals surface area contributed by atoms with Gasteiger partial charge in [0.2, 0.25) is 0 Å². The summed E-state index contributed by atoms with van der Waals surface area (Å²) in [5.74, 6) is -1.73. The smallest absolute Gasteiger partial charge is 0.161 e. The zero-order valence-corrected chi connectivity index (χ0v) is 15.1. The molecule has 4 rings (SSSR count). The number of fused-ring (bicyclic) bond motifs is 1. The van der Waals surface area contributed by atoms with Crippen LogP contribution in [0.15, 0.2) is 54.6 Å². The number of halogens is 3. The lowest BCUT2D eigenvalue weighted by Crippen LogP contribution is -2.03. The van der Waals surface area contributed by atoms with E-state index in [0.29, 0.717) is 27.5 Å². The molecule has 7 heteroatoms. The van der Waals surface area contributed by atoms with Crippen molar-refractivity contribution in [1.29, 1.82) is 5.26 Å². The minimum Gasteiger partial charge on any atom is -0.507 e. The molecule has 0 spiro atoms. The Labute approximate surface area is 163 Å². The first kappa shape index (κ1) is 18.0. The van der Waals surface area contributed by atoms with E-state index in [2.05, 4.69) is 11.1 Å². The zero-order chi connectivity index (χ0) is 19.8. The maximum atomic E-state index is 13.9. The van der Waals surface area contributed by atoms with Crippen LogP contribution in [-0.2, 0) is 6.54 Å². The molecule has 138 valence electrons. The highest BCUT2D eigenvalue weighted by Crippen LogP contribution is 2.34. The Morgan fingerprint density at radius 2 is 1.75 bits per heavy atom. The molecule has 28 heavy (non-hydrogen) atoms. The Morgan fingerprint density at radius 3 is 2.43 bits per heavy atom. The molecule has 0 unspecified atom stereocenters. The Bertz CT molecular complexity index is 1240. The Balaban J connectivity index is 1.92. The van der Waals surface area contributed by atoms with Gasteiger partial charge >= 0.3 is 0 Å². The molecule has 0 amide bonds. The molecule has 1 N–H and O–H groups in total. The van der Waals surface area contributed by atoms with Crippen molar-refractivity contribution in [3.8, 4) is 23.2 Å². The molecule has 0 radical (unpaired) electrons. The topological polar surface area (TPSA) is 61.8 Å². The number of imidazole rings is 1. The highest BCUT2D eigenvalue weighted by molar-refractivity contribution is 6.30. The predicted molar refractivity (Wildman–Crippen MR) is 102 cm³/mol. The summed E-state index contributed by atoms with van der Waals surface area (Å²) in [6.45, 7) is 0.282. The molecule has 1 heterocycles. The van der Waals surface area contributed by atoms with Gasteiger partial charge in [0, 0.05) is 23.7 Å². The second-order valence-electron chi connectivity index (χ2n) is 6.25. The molecule has 0 atom stereocenters. The second-order valence-corrected chi connectivity index (χ2v) is 6.68. The van der Waals surface area contributed by atoms with Crippen LogP contribution in [0.5, 0.6) is 5.75 Å². The molecule has 0 aliphatic carbocycles. The standard InChI is InChI=1S/C21H12ClF2N3O/c22-14-5-6-15(20(28)7-14)21-26-18-8-16(23)17(24)9-19(18)27(21)11-13-3-1-12(10-25)2-4-13/h1-9,28H,11H2. The first-order valence-corrected chi connectivity index (χ1v) is 8.67. The summed E-state index contributed by atoms with van der Waals surface area (Å²) >= 11 is 5.91. The van der Waals surface area contributed by atoms with Gasteiger partial charge in [0.1, 0.15) is 11.6 Å². The number of nitrogens with zero attached hydrogens (tertiary/aromatic N) is 3. The molecule has 0 fully saturated rings. The van der Waals surface area contributed by atoms with Crippen molar-refractivity contribution in [3.05, 3.63) is 82.4 Å². The summed E-state index contributed by atoms with van der Waals surface area (Å²) in [5.41, 5.74) is 2.38. The van der Waals surface area contributed by atoms with E-state index in [-0.39, 0.29) is 17.8 Å². The summed E-state index contributed by atoms with van der Waals surface area (Å²) in [6, 6.07) is 15.6. The van der Waals surface area contributed by atoms with E-state index in [0.717, 1.165) is 17.7 Å². The van der Waals surface area contributed by atoms with Gasteiger partial charge in [0.05, 0.1) is 28.2 Å². The third kappa shape index (κ3) is 3.17. The average molecular weight is 396 g/mol. The number of phenols is 1. The fraction of sp³-hybridized carbons (Fsp3) is 0.0476. The van der Waals surface area contributed by atoms with Gasteiger partial charge in [-0.2, -0.15) is 5.26 Å². The van der Waals surface area contributed by atoms with Crippen LogP contribution in [0.2, 0.25) is 5.02 Å². The van der Waals surface area contributed by atoms with Crippen molar-refractivity contribution in [1.82, 2.24) is 9.55 Å². The van der Waals surface area contributed by atoms with Crippen LogP contribution in [0.4, 0.5) is 8.78 Å². The average Bonchev–Trinajstić information content (AvgIpc) is 3.00. The summed E-state index contributed by atoms with van der Waals surface area (Å²) in [4.78, 5) is 4.41. The quantitative estimate of drug-likeness (QED) is 0.514. The van der Waals surface area contributed by atoms with E-state index in [9.17, 15) is 13.9 Å². The molecular weight excluding hydrogens is 384 g/mol. The van der Waals surface area contributed by atoms with Crippen LogP contribution in [0, 0.1) is 23.0 Å². The van der Waals surface area contributed by atoms with Crippen LogP contribution in [0.1, 0.15) is 11.1 Å². The van der Waals surface area contributed by atoms with Gasteiger partial charge in [-0.05, 0) is 35.9 Å². The summed E-state index contributed by atoms with van der Waals surface area (Å²) in [7, 11) is 0. The molecule has 0 saturated heterocycles.